The van der Waals surface area contributed by atoms with Crippen LogP contribution in [0.15, 0.2) is 0 Å². The Kier molecular flexibility index (Phi) is 4.54. The Hall–Kier alpha value is 0.480. The number of halogens is 4. The molecule has 1 nitrogen and oxygen atoms in total. The molecule has 0 atom stereocenters. The molecule has 0 spiro atoms. The summed E-state index contributed by atoms with van der Waals surface area (Å²) < 4.78 is 42.9. The van der Waals surface area contributed by atoms with Crippen LogP contribution in [0.3, 0.4) is 0 Å². The topological polar surface area (TPSA) is 9.23 Å². The van der Waals surface area contributed by atoms with Gasteiger partial charge < -0.3 is 0 Å². The van der Waals surface area contributed by atoms with Crippen molar-refractivity contribution in [1.29, 1.82) is 0 Å². The summed E-state index contributed by atoms with van der Waals surface area (Å²) in [7, 11) is 1.61. The zero-order chi connectivity index (χ0) is 12.4. The van der Waals surface area contributed by atoms with E-state index >= 15 is 0 Å². The van der Waals surface area contributed by atoms with E-state index in [9.17, 15) is 13.2 Å². The minimum absolute atomic E-state index is 0.0532. The first-order valence-electron chi connectivity index (χ1n) is 5.35. The molecular formula is C11H19F3IO-. The Balaban J connectivity index is 2.71. The predicted octanol–water partition coefficient (Wildman–Crippen LogP) is 0.233. The second kappa shape index (κ2) is 5.00. The van der Waals surface area contributed by atoms with E-state index in [2.05, 4.69) is 0 Å². The molecule has 98 valence electrons. The minimum atomic E-state index is -4.01. The fourth-order valence-electron chi connectivity index (χ4n) is 2.32. The van der Waals surface area contributed by atoms with Crippen molar-refractivity contribution in [3.05, 3.63) is 0 Å². The first kappa shape index (κ1) is 14.5. The monoisotopic (exact) mass is 351 g/mol. The van der Waals surface area contributed by atoms with Gasteiger partial charge in [0.1, 0.15) is 0 Å². The molecule has 1 rings (SSSR count). The first-order chi connectivity index (χ1) is 7.29. The van der Waals surface area contributed by atoms with Crippen molar-refractivity contribution in [2.45, 2.75) is 42.2 Å². The van der Waals surface area contributed by atoms with E-state index in [1.165, 1.54) is 0 Å². The van der Waals surface area contributed by atoms with Crippen molar-refractivity contribution in [2.75, 3.05) is 18.6 Å². The second-order valence-electron chi connectivity index (χ2n) is 4.90. The zero-order valence-electron chi connectivity index (χ0n) is 9.96. The van der Waals surface area contributed by atoms with Gasteiger partial charge in [0.2, 0.25) is 0 Å². The van der Waals surface area contributed by atoms with Crippen LogP contribution in [0.2, 0.25) is 0 Å². The fourth-order valence-corrected chi connectivity index (χ4v) is 4.55. The maximum absolute atomic E-state index is 13.0. The number of methoxy groups -OCH3 is 1. The molecule has 1 aliphatic carbocycles. The summed E-state index contributed by atoms with van der Waals surface area (Å²) in [6.45, 7) is 2.60. The van der Waals surface area contributed by atoms with Crippen LogP contribution in [0.1, 0.15) is 32.6 Å². The molecule has 1 saturated carbocycles. The average molecular weight is 351 g/mol. The molecular weight excluding hydrogens is 332 g/mol. The third kappa shape index (κ3) is 2.83. The van der Waals surface area contributed by atoms with Crippen LogP contribution in [-0.2, 0) is 4.74 Å². The van der Waals surface area contributed by atoms with Gasteiger partial charge in [0.25, 0.3) is 0 Å². The SMILES string of the molecule is COCC1(C)CCC([I-]C)(C(F)(F)F)CC1. The van der Waals surface area contributed by atoms with E-state index < -0.39 is 30.8 Å². The summed E-state index contributed by atoms with van der Waals surface area (Å²) in [6.07, 6.45) is -2.16. The van der Waals surface area contributed by atoms with E-state index in [1.807, 2.05) is 6.92 Å². The molecule has 5 heteroatoms. The summed E-state index contributed by atoms with van der Waals surface area (Å²) in [6, 6.07) is 0. The Morgan fingerprint density at radius 3 is 2.00 bits per heavy atom. The van der Waals surface area contributed by atoms with Crippen molar-refractivity contribution >= 4 is 0 Å². The number of rotatable bonds is 3. The van der Waals surface area contributed by atoms with Gasteiger partial charge in [-0.15, -0.1) is 0 Å². The molecule has 0 bridgehead atoms. The van der Waals surface area contributed by atoms with Gasteiger partial charge in [-0.3, -0.25) is 0 Å². The standard InChI is InChI=1S/C11H19F3IO/c1-9(8-16-3)4-6-10(15-2,7-5-9)11(12,13)14/h4-8H2,1-3H3/q-1. The van der Waals surface area contributed by atoms with Crippen LogP contribution in [0.4, 0.5) is 13.2 Å². The van der Waals surface area contributed by atoms with Gasteiger partial charge in [0, 0.05) is 0 Å². The van der Waals surface area contributed by atoms with Gasteiger partial charge >= 0.3 is 105 Å². The van der Waals surface area contributed by atoms with Crippen molar-refractivity contribution < 1.29 is 39.1 Å². The van der Waals surface area contributed by atoms with Gasteiger partial charge in [-0.2, -0.15) is 0 Å². The molecule has 0 unspecified atom stereocenters. The van der Waals surface area contributed by atoms with Crippen LogP contribution < -0.4 is 21.2 Å². The molecule has 0 radical (unpaired) electrons. The van der Waals surface area contributed by atoms with Crippen LogP contribution in [0.5, 0.6) is 0 Å². The summed E-state index contributed by atoms with van der Waals surface area (Å²) in [5.41, 5.74) is -0.0532. The molecule has 1 fully saturated rings. The van der Waals surface area contributed by atoms with Gasteiger partial charge in [0.15, 0.2) is 0 Å². The van der Waals surface area contributed by atoms with Gasteiger partial charge in [0.05, 0.1) is 0 Å². The Bertz CT molecular complexity index is 232. The first-order valence-corrected chi connectivity index (χ1v) is 8.58. The number of alkyl halides is 5. The Morgan fingerprint density at radius 1 is 1.19 bits per heavy atom. The molecule has 0 heterocycles. The van der Waals surface area contributed by atoms with Crippen molar-refractivity contribution in [3.8, 4) is 0 Å². The molecule has 0 aromatic carbocycles. The van der Waals surface area contributed by atoms with E-state index in [0.29, 0.717) is 32.3 Å². The van der Waals surface area contributed by atoms with E-state index in [4.69, 9.17) is 4.74 Å². The number of hydrogen-bond donors (Lipinski definition) is 0. The molecule has 0 aromatic heterocycles. The molecule has 1 aliphatic rings. The summed E-state index contributed by atoms with van der Waals surface area (Å²) in [5, 5.41) is 0. The van der Waals surface area contributed by atoms with E-state index in [-0.39, 0.29) is 5.41 Å². The zero-order valence-corrected chi connectivity index (χ0v) is 12.1. The van der Waals surface area contributed by atoms with Crippen LogP contribution in [0, 0.1) is 5.41 Å². The average Bonchev–Trinajstić information content (AvgIpc) is 2.17. The quantitative estimate of drug-likeness (QED) is 0.523. The van der Waals surface area contributed by atoms with Crippen LogP contribution >= 0.6 is 0 Å². The molecule has 0 aromatic rings. The molecule has 0 aliphatic heterocycles. The summed E-state index contributed by atoms with van der Waals surface area (Å²) >= 11 is -0.808. The van der Waals surface area contributed by atoms with Gasteiger partial charge in [-0.05, 0) is 0 Å². The normalized spacial score (nSPS) is 36.6. The van der Waals surface area contributed by atoms with Crippen LogP contribution in [0.25, 0.3) is 0 Å². The second-order valence-corrected chi connectivity index (χ2v) is 8.04. The summed E-state index contributed by atoms with van der Waals surface area (Å²) in [4.78, 5) is 1.76. The number of hydrogen-bond acceptors (Lipinski definition) is 1. The van der Waals surface area contributed by atoms with E-state index in [0.717, 1.165) is 0 Å². The molecule has 16 heavy (non-hydrogen) atoms. The fraction of sp³-hybridized carbons (Fsp3) is 1.00. The number of ether oxygens (including phenoxy) is 1. The van der Waals surface area contributed by atoms with Gasteiger partial charge in [-0.25, -0.2) is 0 Å². The molecule has 0 N–H and O–H groups in total. The molecule has 0 amide bonds. The van der Waals surface area contributed by atoms with Crippen LogP contribution in [-0.4, -0.2) is 28.2 Å². The maximum atomic E-state index is 13.0. The predicted molar refractivity (Wildman–Crippen MR) is 53.2 cm³/mol. The molecule has 0 saturated heterocycles. The van der Waals surface area contributed by atoms with Crippen molar-refractivity contribution in [3.63, 3.8) is 0 Å². The third-order valence-corrected chi connectivity index (χ3v) is 7.37. The van der Waals surface area contributed by atoms with E-state index in [1.54, 1.807) is 12.0 Å². The Labute approximate surface area is 105 Å². The van der Waals surface area contributed by atoms with Crippen molar-refractivity contribution in [1.82, 2.24) is 0 Å². The summed E-state index contributed by atoms with van der Waals surface area (Å²) in [5.74, 6) is 0. The van der Waals surface area contributed by atoms with Crippen molar-refractivity contribution in [2.24, 2.45) is 5.41 Å². The van der Waals surface area contributed by atoms with Gasteiger partial charge in [-0.1, -0.05) is 0 Å². The Morgan fingerprint density at radius 2 is 1.69 bits per heavy atom. The third-order valence-electron chi connectivity index (χ3n) is 3.61.